The van der Waals surface area contributed by atoms with E-state index in [0.717, 1.165) is 0 Å². The zero-order valence-electron chi connectivity index (χ0n) is 19.1. The molecule has 0 aliphatic heterocycles. The molecule has 0 saturated heterocycles. The van der Waals surface area contributed by atoms with Gasteiger partial charge in [0.25, 0.3) is 5.91 Å². The fourth-order valence-corrected chi connectivity index (χ4v) is 3.64. The summed E-state index contributed by atoms with van der Waals surface area (Å²) in [5, 5.41) is 6.17. The van der Waals surface area contributed by atoms with E-state index in [1.807, 2.05) is 0 Å². The first-order chi connectivity index (χ1) is 15.2. The first-order valence-corrected chi connectivity index (χ1v) is 12.4. The van der Waals surface area contributed by atoms with Crippen molar-refractivity contribution in [3.8, 4) is 0 Å². The van der Waals surface area contributed by atoms with Crippen molar-refractivity contribution in [3.63, 3.8) is 0 Å². The summed E-state index contributed by atoms with van der Waals surface area (Å²) in [6.45, 7) is -0.556. The van der Waals surface area contributed by atoms with Crippen molar-refractivity contribution in [2.24, 2.45) is 5.73 Å². The average molecular weight is 585 g/mol. The first kappa shape index (κ1) is 37.5. The number of hydrogen-bond acceptors (Lipinski definition) is 11. The van der Waals surface area contributed by atoms with E-state index in [-0.39, 0.29) is 122 Å². The number of carbonyl (C=O) groups excluding carboxylic acids is 4. The van der Waals surface area contributed by atoms with Gasteiger partial charge in [-0.1, -0.05) is 30.3 Å². The van der Waals surface area contributed by atoms with Gasteiger partial charge in [0.15, 0.2) is 0 Å². The molecule has 184 valence electrons. The van der Waals surface area contributed by atoms with Gasteiger partial charge in [0.05, 0.1) is 37.8 Å². The molecule has 5 N–H and O–H groups in total. The number of amides is 3. The molecule has 0 bridgehead atoms. The van der Waals surface area contributed by atoms with Crippen LogP contribution in [0, 0.1) is 0 Å². The number of benzene rings is 1. The molecule has 1 rings (SSSR count). The van der Waals surface area contributed by atoms with Gasteiger partial charge in [0.1, 0.15) is 6.04 Å². The number of nitrogens with two attached hydrogens (primary N) is 1. The average Bonchev–Trinajstić information content (AvgIpc) is 2.68. The van der Waals surface area contributed by atoms with Crippen molar-refractivity contribution < 1.29 is 148 Å². The fourth-order valence-electron chi connectivity index (χ4n) is 2.41. The maximum Gasteiger partial charge on any atom is 1.00 e. The zero-order valence-corrected chi connectivity index (χ0v) is 26.9. The van der Waals surface area contributed by atoms with Crippen LogP contribution in [0.25, 0.3) is 0 Å². The topological polar surface area (TPSA) is 245 Å². The van der Waals surface area contributed by atoms with Crippen LogP contribution in [0.5, 0.6) is 0 Å². The van der Waals surface area contributed by atoms with Crippen LogP contribution in [0.3, 0.4) is 0 Å². The number of carbonyl (C=O) groups is 4. The van der Waals surface area contributed by atoms with Crippen molar-refractivity contribution >= 4 is 43.7 Å². The Balaban J connectivity index is 0. The summed E-state index contributed by atoms with van der Waals surface area (Å²) in [5.41, 5.74) is 5.84. The number of ketones is 1. The molecule has 14 nitrogen and oxygen atoms in total. The molecular formula is C17H22K2N4O10S2. The Bertz CT molecular complexity index is 1090. The third-order valence-electron chi connectivity index (χ3n) is 3.89. The molecule has 1 aromatic carbocycles. The van der Waals surface area contributed by atoms with E-state index in [4.69, 9.17) is 5.73 Å². The van der Waals surface area contributed by atoms with Crippen LogP contribution in [0.2, 0.25) is 0 Å². The second-order valence-corrected chi connectivity index (χ2v) is 9.65. The molecule has 18 heteroatoms. The standard InChI is InChI=1S/C17H24N4O10S2.2K/c18-12(9-32(26,27)28)15(23)21-13(10-33(29,30)31)16(24)19-6-7-20-17(25)14(22)8-11-4-2-1-3-5-11;;/h1-5,12-13H,6-10,18H2,(H,19,24)(H,20,25)(H,21,23)(H,26,27,28)(H,29,30,31);;/q;2*+1/p-2/t12-,13-;;/m0../s1. The van der Waals surface area contributed by atoms with E-state index in [1.54, 1.807) is 35.6 Å². The molecule has 3 amide bonds. The van der Waals surface area contributed by atoms with Gasteiger partial charge < -0.3 is 30.8 Å². The molecule has 0 saturated carbocycles. The van der Waals surface area contributed by atoms with Crippen LogP contribution in [0.15, 0.2) is 30.3 Å². The summed E-state index contributed by atoms with van der Waals surface area (Å²) in [6, 6.07) is 4.58. The second-order valence-electron chi connectivity index (χ2n) is 6.75. The fraction of sp³-hybridized carbons (Fsp3) is 0.412. The molecule has 0 aliphatic rings. The largest absolute Gasteiger partial charge is 1.00 e. The second kappa shape index (κ2) is 17.8. The van der Waals surface area contributed by atoms with E-state index < -0.39 is 67.3 Å². The van der Waals surface area contributed by atoms with Crippen molar-refractivity contribution in [1.82, 2.24) is 16.0 Å². The molecule has 35 heavy (non-hydrogen) atoms. The molecule has 1 aromatic rings. The quantitative estimate of drug-likeness (QED) is 0.0733. The summed E-state index contributed by atoms with van der Waals surface area (Å²) in [5.74, 6) is -6.88. The zero-order chi connectivity index (χ0) is 25.2. The van der Waals surface area contributed by atoms with Crippen LogP contribution in [-0.2, 0) is 45.8 Å². The third kappa shape index (κ3) is 17.5. The maximum absolute atomic E-state index is 12.2. The summed E-state index contributed by atoms with van der Waals surface area (Å²) >= 11 is 0. The molecule has 0 aliphatic carbocycles. The minimum Gasteiger partial charge on any atom is -0.748 e. The van der Waals surface area contributed by atoms with Crippen LogP contribution < -0.4 is 124 Å². The van der Waals surface area contributed by atoms with Crippen LogP contribution in [0.4, 0.5) is 0 Å². The number of hydrogen-bond donors (Lipinski definition) is 4. The minimum atomic E-state index is -5.02. The van der Waals surface area contributed by atoms with Gasteiger partial charge >= 0.3 is 103 Å². The molecule has 0 aromatic heterocycles. The SMILES string of the molecule is N[C@@H](CS(=O)(=O)[O-])C(=O)N[C@@H](CS(=O)(=O)[O-])C(=O)NCCNC(=O)C(=O)Cc1ccccc1.[K+].[K+]. The van der Waals surface area contributed by atoms with Gasteiger partial charge in [-0.15, -0.1) is 0 Å². The van der Waals surface area contributed by atoms with Crippen molar-refractivity contribution in [2.75, 3.05) is 24.6 Å². The predicted molar refractivity (Wildman–Crippen MR) is 110 cm³/mol. The van der Waals surface area contributed by atoms with Crippen LogP contribution >= 0.6 is 0 Å². The summed E-state index contributed by atoms with van der Waals surface area (Å²) in [4.78, 5) is 47.7. The summed E-state index contributed by atoms with van der Waals surface area (Å²) in [6.07, 6.45) is -0.145. The van der Waals surface area contributed by atoms with Gasteiger partial charge in [-0.25, -0.2) is 16.8 Å². The Morgan fingerprint density at radius 3 is 1.86 bits per heavy atom. The van der Waals surface area contributed by atoms with E-state index in [2.05, 4.69) is 10.6 Å². The molecule has 0 spiro atoms. The first-order valence-electron chi connectivity index (χ1n) is 9.23. The molecule has 0 fully saturated rings. The monoisotopic (exact) mass is 584 g/mol. The van der Waals surface area contributed by atoms with Gasteiger partial charge in [0.2, 0.25) is 17.6 Å². The molecular weight excluding hydrogens is 563 g/mol. The third-order valence-corrected chi connectivity index (χ3v) is 5.40. The summed E-state index contributed by atoms with van der Waals surface area (Å²) < 4.78 is 65.1. The van der Waals surface area contributed by atoms with E-state index in [0.29, 0.717) is 5.56 Å². The normalized spacial score (nSPS) is 12.7. The molecule has 0 unspecified atom stereocenters. The van der Waals surface area contributed by atoms with Crippen LogP contribution in [-0.4, -0.2) is 86.1 Å². The number of nitrogens with one attached hydrogen (secondary N) is 3. The molecule has 2 atom stereocenters. The van der Waals surface area contributed by atoms with E-state index >= 15 is 0 Å². The maximum atomic E-state index is 12.2. The Morgan fingerprint density at radius 2 is 1.34 bits per heavy atom. The smallest absolute Gasteiger partial charge is 0.748 e. The number of rotatable bonds is 13. The van der Waals surface area contributed by atoms with Gasteiger partial charge in [-0.05, 0) is 5.56 Å². The molecule has 0 radical (unpaired) electrons. The number of Topliss-reactive ketones (excluding diaryl/α,β-unsaturated/α-hetero) is 1. The van der Waals surface area contributed by atoms with Crippen molar-refractivity contribution in [3.05, 3.63) is 35.9 Å². The Labute approximate surface area is 287 Å². The Kier molecular flexibility index (Phi) is 19.1. The van der Waals surface area contributed by atoms with E-state index in [1.165, 1.54) is 0 Å². The summed E-state index contributed by atoms with van der Waals surface area (Å²) in [7, 11) is -9.92. The van der Waals surface area contributed by atoms with Crippen molar-refractivity contribution in [2.45, 2.75) is 18.5 Å². The Morgan fingerprint density at radius 1 is 0.829 bits per heavy atom. The predicted octanol–water partition coefficient (Wildman–Crippen LogP) is -10.1. The van der Waals surface area contributed by atoms with Crippen molar-refractivity contribution in [1.29, 1.82) is 0 Å². The van der Waals surface area contributed by atoms with Gasteiger partial charge in [-0.2, -0.15) is 0 Å². The van der Waals surface area contributed by atoms with E-state index in [9.17, 15) is 45.1 Å². The minimum absolute atomic E-state index is 0. The van der Waals surface area contributed by atoms with Gasteiger partial charge in [-0.3, -0.25) is 19.2 Å². The van der Waals surface area contributed by atoms with Gasteiger partial charge in [0, 0.05) is 19.5 Å². The molecule has 0 heterocycles. The Hall–Kier alpha value is 0.353. The van der Waals surface area contributed by atoms with Crippen LogP contribution in [0.1, 0.15) is 5.56 Å².